The average molecular weight is 343 g/mol. The Balaban J connectivity index is 2.08. The molecule has 1 aliphatic carbocycles. The fraction of sp³-hybridized carbons (Fsp3) is 0.278. The molecule has 0 atom stereocenters. The lowest BCUT2D eigenvalue weighted by atomic mass is 9.93. The summed E-state index contributed by atoms with van der Waals surface area (Å²) in [5, 5.41) is 9.51. The Morgan fingerprint density at radius 2 is 2.08 bits per heavy atom. The Hall–Kier alpha value is -2.58. The summed E-state index contributed by atoms with van der Waals surface area (Å²) in [6, 6.07) is 8.83. The molecule has 1 aromatic heterocycles. The van der Waals surface area contributed by atoms with Crippen LogP contribution in [0.3, 0.4) is 0 Å². The van der Waals surface area contributed by atoms with E-state index in [1.54, 1.807) is 19.1 Å². The van der Waals surface area contributed by atoms with Crippen LogP contribution in [0.5, 0.6) is 0 Å². The molecule has 0 spiro atoms. The number of ether oxygens (including phenoxy) is 1. The number of nitrogens with one attached hydrogen (secondary N) is 1. The van der Waals surface area contributed by atoms with Crippen LogP contribution in [0.4, 0.5) is 0 Å². The number of rotatable bonds is 3. The molecule has 3 rings (SSSR count). The quantitative estimate of drug-likeness (QED) is 0.869. The van der Waals surface area contributed by atoms with E-state index in [-0.39, 0.29) is 11.5 Å². The first-order valence-corrected chi connectivity index (χ1v) is 7.83. The number of aromatic amines is 1. The van der Waals surface area contributed by atoms with Gasteiger partial charge in [-0.25, -0.2) is 0 Å². The number of aryl methyl sites for hydroxylation is 1. The highest BCUT2D eigenvalue weighted by molar-refractivity contribution is 6.32. The number of pyridine rings is 1. The highest BCUT2D eigenvalue weighted by Crippen LogP contribution is 2.51. The van der Waals surface area contributed by atoms with Gasteiger partial charge in [0, 0.05) is 16.3 Å². The van der Waals surface area contributed by atoms with Crippen LogP contribution in [0, 0.1) is 18.3 Å². The Morgan fingerprint density at radius 3 is 2.62 bits per heavy atom. The summed E-state index contributed by atoms with van der Waals surface area (Å²) in [6.45, 7) is 1.76. The number of methoxy groups -OCH3 is 1. The third-order valence-corrected chi connectivity index (χ3v) is 4.79. The molecule has 0 amide bonds. The maximum atomic E-state index is 12.0. The molecule has 1 N–H and O–H groups in total. The van der Waals surface area contributed by atoms with Crippen molar-refractivity contribution < 1.29 is 9.53 Å². The van der Waals surface area contributed by atoms with Gasteiger partial charge >= 0.3 is 5.97 Å². The van der Waals surface area contributed by atoms with Crippen molar-refractivity contribution >= 4 is 17.6 Å². The summed E-state index contributed by atoms with van der Waals surface area (Å²) in [4.78, 5) is 26.4. The topological polar surface area (TPSA) is 82.9 Å². The highest BCUT2D eigenvalue weighted by atomic mass is 35.5. The van der Waals surface area contributed by atoms with Crippen molar-refractivity contribution in [3.05, 3.63) is 56.5 Å². The Kier molecular flexibility index (Phi) is 3.94. The Morgan fingerprint density at radius 1 is 1.38 bits per heavy atom. The molecule has 6 heteroatoms. The van der Waals surface area contributed by atoms with Crippen LogP contribution in [-0.4, -0.2) is 18.1 Å². The van der Waals surface area contributed by atoms with Gasteiger partial charge in [-0.1, -0.05) is 23.7 Å². The van der Waals surface area contributed by atoms with Gasteiger partial charge in [-0.2, -0.15) is 5.26 Å². The summed E-state index contributed by atoms with van der Waals surface area (Å²) in [7, 11) is 1.37. The number of esters is 1. The number of carbonyl (C=O) groups excluding carboxylic acids is 1. The van der Waals surface area contributed by atoms with Crippen molar-refractivity contribution in [2.24, 2.45) is 0 Å². The predicted octanol–water partition coefficient (Wildman–Crippen LogP) is 3.08. The van der Waals surface area contributed by atoms with E-state index in [0.29, 0.717) is 10.7 Å². The number of halogens is 1. The minimum Gasteiger partial charge on any atom is -0.468 e. The molecule has 1 fully saturated rings. The number of nitriles is 1. The molecule has 122 valence electrons. The summed E-state index contributed by atoms with van der Waals surface area (Å²) in [5.41, 5.74) is 1.90. The zero-order chi connectivity index (χ0) is 17.5. The van der Waals surface area contributed by atoms with Crippen LogP contribution >= 0.6 is 11.6 Å². The molecular formula is C18H15ClN2O3. The molecular weight excluding hydrogens is 328 g/mol. The van der Waals surface area contributed by atoms with Gasteiger partial charge in [0.25, 0.3) is 5.56 Å². The fourth-order valence-corrected chi connectivity index (χ4v) is 3.34. The Bertz CT molecular complexity index is 936. The molecule has 0 unspecified atom stereocenters. The summed E-state index contributed by atoms with van der Waals surface area (Å²) in [5.74, 6) is -0.274. The zero-order valence-corrected chi connectivity index (χ0v) is 14.0. The van der Waals surface area contributed by atoms with Crippen LogP contribution < -0.4 is 5.56 Å². The maximum Gasteiger partial charge on any atom is 0.316 e. The highest BCUT2D eigenvalue weighted by Gasteiger charge is 2.53. The molecule has 24 heavy (non-hydrogen) atoms. The average Bonchev–Trinajstić information content (AvgIpc) is 3.36. The van der Waals surface area contributed by atoms with Crippen LogP contribution in [-0.2, 0) is 14.9 Å². The smallest absolute Gasteiger partial charge is 0.316 e. The fourth-order valence-electron chi connectivity index (χ4n) is 2.98. The maximum absolute atomic E-state index is 12.0. The lowest BCUT2D eigenvalue weighted by Gasteiger charge is -2.16. The van der Waals surface area contributed by atoms with Crippen molar-refractivity contribution in [3.8, 4) is 17.2 Å². The summed E-state index contributed by atoms with van der Waals surface area (Å²) in [6.07, 6.45) is 1.43. The van der Waals surface area contributed by atoms with Gasteiger partial charge in [0.2, 0.25) is 0 Å². The van der Waals surface area contributed by atoms with E-state index in [1.165, 1.54) is 7.11 Å². The van der Waals surface area contributed by atoms with Gasteiger partial charge in [-0.15, -0.1) is 0 Å². The van der Waals surface area contributed by atoms with Crippen LogP contribution in [0.15, 0.2) is 29.1 Å². The van der Waals surface area contributed by atoms with Crippen molar-refractivity contribution in [3.63, 3.8) is 0 Å². The van der Waals surface area contributed by atoms with Gasteiger partial charge in [-0.05, 0) is 43.0 Å². The molecule has 0 aliphatic heterocycles. The van der Waals surface area contributed by atoms with Crippen molar-refractivity contribution in [1.29, 1.82) is 5.26 Å². The second-order valence-electron chi connectivity index (χ2n) is 5.93. The minimum absolute atomic E-state index is 0.0454. The van der Waals surface area contributed by atoms with E-state index in [2.05, 4.69) is 4.98 Å². The van der Waals surface area contributed by atoms with Crippen LogP contribution in [0.2, 0.25) is 5.02 Å². The second kappa shape index (κ2) is 5.81. The molecule has 1 aromatic carbocycles. The first-order valence-electron chi connectivity index (χ1n) is 7.46. The SMILES string of the molecule is COC(=O)C1(c2ccc(-c3cc(C#N)c(=O)[nH]c3C)cc2Cl)CC1. The third kappa shape index (κ3) is 2.49. The monoisotopic (exact) mass is 342 g/mol. The Labute approximate surface area is 143 Å². The lowest BCUT2D eigenvalue weighted by molar-refractivity contribution is -0.143. The van der Waals surface area contributed by atoms with Crippen molar-refractivity contribution in [1.82, 2.24) is 4.98 Å². The first-order chi connectivity index (χ1) is 11.4. The number of benzene rings is 1. The molecule has 0 bridgehead atoms. The first kappa shape index (κ1) is 16.3. The van der Waals surface area contributed by atoms with Gasteiger partial charge in [0.15, 0.2) is 0 Å². The number of H-pyrrole nitrogens is 1. The van der Waals surface area contributed by atoms with E-state index in [4.69, 9.17) is 21.6 Å². The molecule has 1 heterocycles. The lowest BCUT2D eigenvalue weighted by Crippen LogP contribution is -2.22. The minimum atomic E-state index is -0.637. The normalized spacial score (nSPS) is 14.8. The zero-order valence-electron chi connectivity index (χ0n) is 13.3. The largest absolute Gasteiger partial charge is 0.468 e. The van der Waals surface area contributed by atoms with E-state index < -0.39 is 11.0 Å². The molecule has 5 nitrogen and oxygen atoms in total. The summed E-state index contributed by atoms with van der Waals surface area (Å²) < 4.78 is 4.89. The van der Waals surface area contributed by atoms with E-state index in [0.717, 1.165) is 29.5 Å². The summed E-state index contributed by atoms with van der Waals surface area (Å²) >= 11 is 6.42. The van der Waals surface area contributed by atoms with E-state index >= 15 is 0 Å². The van der Waals surface area contributed by atoms with Gasteiger partial charge in [0.05, 0.1) is 12.5 Å². The van der Waals surface area contributed by atoms with Crippen LogP contribution in [0.1, 0.15) is 29.7 Å². The molecule has 0 radical (unpaired) electrons. The van der Waals surface area contributed by atoms with E-state index in [1.807, 2.05) is 18.2 Å². The van der Waals surface area contributed by atoms with Gasteiger partial charge in [-0.3, -0.25) is 9.59 Å². The number of carbonyl (C=O) groups is 1. The molecule has 2 aromatic rings. The molecule has 1 saturated carbocycles. The van der Waals surface area contributed by atoms with Crippen molar-refractivity contribution in [2.75, 3.05) is 7.11 Å². The van der Waals surface area contributed by atoms with Gasteiger partial charge < -0.3 is 9.72 Å². The number of hydrogen-bond donors (Lipinski definition) is 1. The number of hydrogen-bond acceptors (Lipinski definition) is 4. The standard InChI is InChI=1S/C18H15ClN2O3/c1-10-13(7-12(9-20)16(22)21-10)11-3-4-14(15(19)8-11)18(5-6-18)17(23)24-2/h3-4,7-8H,5-6H2,1-2H3,(H,21,22). The van der Waals surface area contributed by atoms with Crippen molar-refractivity contribution in [2.45, 2.75) is 25.2 Å². The second-order valence-corrected chi connectivity index (χ2v) is 6.34. The molecule has 1 aliphatic rings. The predicted molar refractivity (Wildman–Crippen MR) is 89.9 cm³/mol. The van der Waals surface area contributed by atoms with Crippen LogP contribution in [0.25, 0.3) is 11.1 Å². The third-order valence-electron chi connectivity index (χ3n) is 4.48. The molecule has 0 saturated heterocycles. The number of aromatic nitrogens is 1. The number of nitrogens with zero attached hydrogens (tertiary/aromatic N) is 1. The van der Waals surface area contributed by atoms with E-state index in [9.17, 15) is 9.59 Å². The van der Waals surface area contributed by atoms with Gasteiger partial charge in [0.1, 0.15) is 11.6 Å².